The van der Waals surface area contributed by atoms with Gasteiger partial charge in [0.1, 0.15) is 0 Å². The van der Waals surface area contributed by atoms with E-state index in [0.717, 1.165) is 5.56 Å². The number of amides is 1. The van der Waals surface area contributed by atoms with Crippen molar-refractivity contribution in [1.29, 1.82) is 0 Å². The Morgan fingerprint density at radius 2 is 1.75 bits per heavy atom. The summed E-state index contributed by atoms with van der Waals surface area (Å²) in [6.07, 6.45) is 2.92. The Morgan fingerprint density at radius 1 is 1.07 bits per heavy atom. The highest BCUT2D eigenvalue weighted by Crippen LogP contribution is 2.30. The zero-order valence-corrected chi connectivity index (χ0v) is 16.6. The molecule has 5 nitrogen and oxygen atoms in total. The van der Waals surface area contributed by atoms with Crippen LogP contribution in [0.25, 0.3) is 6.08 Å². The largest absolute Gasteiger partial charge is 0.494 e. The first-order chi connectivity index (χ1) is 13.5. The van der Waals surface area contributed by atoms with Gasteiger partial charge in [-0.25, -0.2) is 4.39 Å². The Hall–Kier alpha value is -3.02. The third-order valence-electron chi connectivity index (χ3n) is 4.03. The summed E-state index contributed by atoms with van der Waals surface area (Å²) in [5.74, 6) is 0.725. The number of carbonyl (C=O) groups excluding carboxylic acids is 1. The smallest absolute Gasteiger partial charge is 0.244 e. The van der Waals surface area contributed by atoms with Crippen LogP contribution in [0.3, 0.4) is 0 Å². The topological polar surface area (TPSA) is 56.8 Å². The molecule has 2 rings (SSSR count). The highest BCUT2D eigenvalue weighted by atomic mass is 19.1. The van der Waals surface area contributed by atoms with Gasteiger partial charge in [0.2, 0.25) is 5.91 Å². The zero-order valence-electron chi connectivity index (χ0n) is 16.6. The van der Waals surface area contributed by atoms with E-state index in [0.29, 0.717) is 30.3 Å². The van der Waals surface area contributed by atoms with Crippen LogP contribution in [0, 0.1) is 5.82 Å². The summed E-state index contributed by atoms with van der Waals surface area (Å²) in [4.78, 5) is 12.2. The van der Waals surface area contributed by atoms with Crippen molar-refractivity contribution in [2.24, 2.45) is 0 Å². The Morgan fingerprint density at radius 3 is 2.39 bits per heavy atom. The monoisotopic (exact) mass is 387 g/mol. The fourth-order valence-electron chi connectivity index (χ4n) is 2.64. The van der Waals surface area contributed by atoms with Gasteiger partial charge in [0.05, 0.1) is 26.4 Å². The van der Waals surface area contributed by atoms with Crippen molar-refractivity contribution in [2.75, 3.05) is 20.3 Å². The molecule has 0 aromatic heterocycles. The van der Waals surface area contributed by atoms with Gasteiger partial charge in [0, 0.05) is 6.08 Å². The SMILES string of the molecule is CCOc1ccc([C@H](C)NC(=O)/C=C/c2ccc(OC)c(F)c2)cc1OCC. The molecule has 1 amide bonds. The molecule has 0 unspecified atom stereocenters. The Bertz CT molecular complexity index is 835. The maximum Gasteiger partial charge on any atom is 0.244 e. The second-order valence-corrected chi connectivity index (χ2v) is 6.03. The van der Waals surface area contributed by atoms with Crippen LogP contribution in [0.1, 0.15) is 37.9 Å². The van der Waals surface area contributed by atoms with E-state index in [1.807, 2.05) is 39.0 Å². The number of methoxy groups -OCH3 is 1. The van der Waals surface area contributed by atoms with Crippen LogP contribution >= 0.6 is 0 Å². The van der Waals surface area contributed by atoms with Gasteiger partial charge >= 0.3 is 0 Å². The standard InChI is InChI=1S/C22H26FNO4/c1-5-27-20-11-9-17(14-21(20)28-6-2)15(3)24-22(25)12-8-16-7-10-19(26-4)18(23)13-16/h7-15H,5-6H2,1-4H3,(H,24,25)/b12-8+/t15-/m0/s1. The minimum absolute atomic E-state index is 0.163. The van der Waals surface area contributed by atoms with Crippen LogP contribution in [0.4, 0.5) is 4.39 Å². The van der Waals surface area contributed by atoms with Gasteiger partial charge in [-0.05, 0) is 62.2 Å². The molecule has 0 aliphatic rings. The van der Waals surface area contributed by atoms with E-state index < -0.39 is 5.82 Å². The predicted octanol–water partition coefficient (Wildman–Crippen LogP) is 4.52. The van der Waals surface area contributed by atoms with Crippen molar-refractivity contribution in [2.45, 2.75) is 26.8 Å². The molecule has 0 aliphatic heterocycles. The summed E-state index contributed by atoms with van der Waals surface area (Å²) in [5, 5.41) is 2.88. The number of benzene rings is 2. The number of hydrogen-bond donors (Lipinski definition) is 1. The average Bonchev–Trinajstić information content (AvgIpc) is 2.68. The number of ether oxygens (including phenoxy) is 3. The second-order valence-electron chi connectivity index (χ2n) is 6.03. The van der Waals surface area contributed by atoms with Crippen LogP contribution in [0.15, 0.2) is 42.5 Å². The van der Waals surface area contributed by atoms with Crippen LogP contribution in [0.2, 0.25) is 0 Å². The van der Waals surface area contributed by atoms with E-state index >= 15 is 0 Å². The van der Waals surface area contributed by atoms with E-state index in [9.17, 15) is 9.18 Å². The van der Waals surface area contributed by atoms with Crippen LogP contribution in [0.5, 0.6) is 17.2 Å². The van der Waals surface area contributed by atoms with Crippen LogP contribution in [-0.4, -0.2) is 26.2 Å². The van der Waals surface area contributed by atoms with Crippen LogP contribution < -0.4 is 19.5 Å². The molecule has 0 saturated carbocycles. The number of hydrogen-bond acceptors (Lipinski definition) is 4. The van der Waals surface area contributed by atoms with Gasteiger partial charge in [-0.3, -0.25) is 4.79 Å². The molecular weight excluding hydrogens is 361 g/mol. The summed E-state index contributed by atoms with van der Waals surface area (Å²) in [5.41, 5.74) is 1.46. The highest BCUT2D eigenvalue weighted by molar-refractivity contribution is 5.92. The van der Waals surface area contributed by atoms with Gasteiger partial charge in [-0.1, -0.05) is 12.1 Å². The average molecular weight is 387 g/mol. The van der Waals surface area contributed by atoms with E-state index in [4.69, 9.17) is 14.2 Å². The van der Waals surface area contributed by atoms with Gasteiger partial charge < -0.3 is 19.5 Å². The maximum absolute atomic E-state index is 13.7. The Labute approximate surface area is 165 Å². The summed E-state index contributed by atoms with van der Waals surface area (Å²) in [6.45, 7) is 6.76. The van der Waals surface area contributed by atoms with Gasteiger partial charge in [0.15, 0.2) is 23.1 Å². The molecule has 0 spiro atoms. The van der Waals surface area contributed by atoms with Gasteiger partial charge in [-0.15, -0.1) is 0 Å². The van der Waals surface area contributed by atoms with Crippen molar-refractivity contribution < 1.29 is 23.4 Å². The number of halogens is 1. The number of carbonyl (C=O) groups is 1. The summed E-state index contributed by atoms with van der Waals surface area (Å²) < 4.78 is 29.8. The first-order valence-electron chi connectivity index (χ1n) is 9.20. The molecule has 2 aromatic rings. The zero-order chi connectivity index (χ0) is 20.5. The van der Waals surface area contributed by atoms with Crippen molar-refractivity contribution in [3.05, 3.63) is 59.4 Å². The lowest BCUT2D eigenvalue weighted by Crippen LogP contribution is -2.24. The van der Waals surface area contributed by atoms with Crippen molar-refractivity contribution in [3.8, 4) is 17.2 Å². The summed E-state index contributed by atoms with van der Waals surface area (Å²) >= 11 is 0. The van der Waals surface area contributed by atoms with Crippen molar-refractivity contribution in [1.82, 2.24) is 5.32 Å². The predicted molar refractivity (Wildman–Crippen MR) is 107 cm³/mol. The van der Waals surface area contributed by atoms with Gasteiger partial charge in [0.25, 0.3) is 0 Å². The lowest BCUT2D eigenvalue weighted by molar-refractivity contribution is -0.117. The fraction of sp³-hybridized carbons (Fsp3) is 0.318. The molecular formula is C22H26FNO4. The third-order valence-corrected chi connectivity index (χ3v) is 4.03. The molecule has 2 aromatic carbocycles. The first-order valence-corrected chi connectivity index (χ1v) is 9.20. The lowest BCUT2D eigenvalue weighted by Gasteiger charge is -2.17. The summed E-state index contributed by atoms with van der Waals surface area (Å²) in [6, 6.07) is 9.86. The molecule has 0 fully saturated rings. The van der Waals surface area contributed by atoms with Gasteiger partial charge in [-0.2, -0.15) is 0 Å². The van der Waals surface area contributed by atoms with Crippen molar-refractivity contribution in [3.63, 3.8) is 0 Å². The maximum atomic E-state index is 13.7. The minimum atomic E-state index is -0.476. The lowest BCUT2D eigenvalue weighted by atomic mass is 10.1. The molecule has 6 heteroatoms. The third kappa shape index (κ3) is 5.74. The molecule has 0 aliphatic carbocycles. The number of rotatable bonds is 9. The van der Waals surface area contributed by atoms with E-state index in [-0.39, 0.29) is 17.7 Å². The molecule has 28 heavy (non-hydrogen) atoms. The Kier molecular flexibility index (Phi) is 7.87. The van der Waals surface area contributed by atoms with Crippen LogP contribution in [-0.2, 0) is 4.79 Å². The molecule has 1 atom stereocenters. The van der Waals surface area contributed by atoms with Crippen molar-refractivity contribution >= 4 is 12.0 Å². The normalized spacial score (nSPS) is 11.9. The quantitative estimate of drug-likeness (QED) is 0.643. The van der Waals surface area contributed by atoms with E-state index in [1.165, 1.54) is 25.3 Å². The molecule has 1 N–H and O–H groups in total. The molecule has 150 valence electrons. The minimum Gasteiger partial charge on any atom is -0.494 e. The van der Waals surface area contributed by atoms with E-state index in [2.05, 4.69) is 5.32 Å². The highest BCUT2D eigenvalue weighted by Gasteiger charge is 2.12. The molecule has 0 heterocycles. The molecule has 0 radical (unpaired) electrons. The fourth-order valence-corrected chi connectivity index (χ4v) is 2.64. The Balaban J connectivity index is 2.05. The van der Waals surface area contributed by atoms with E-state index in [1.54, 1.807) is 12.1 Å². The summed E-state index contributed by atoms with van der Waals surface area (Å²) in [7, 11) is 1.40. The second kappa shape index (κ2) is 10.3. The number of nitrogens with one attached hydrogen (secondary N) is 1. The first kappa shape index (κ1) is 21.3. The molecule has 0 bridgehead atoms. The molecule has 0 saturated heterocycles.